The van der Waals surface area contributed by atoms with E-state index in [4.69, 9.17) is 27.1 Å². The molecule has 9 heteroatoms. The molecule has 34 heavy (non-hydrogen) atoms. The van der Waals surface area contributed by atoms with Gasteiger partial charge >= 0.3 is 0 Å². The summed E-state index contributed by atoms with van der Waals surface area (Å²) in [7, 11) is 0. The molecular formula is C25H26ClN5O2S. The lowest BCUT2D eigenvalue weighted by molar-refractivity contribution is 0.0372. The lowest BCUT2D eigenvalue weighted by atomic mass is 10.1. The van der Waals surface area contributed by atoms with E-state index in [9.17, 15) is 4.79 Å². The lowest BCUT2D eigenvalue weighted by Gasteiger charge is -2.26. The number of ether oxygens (including phenoxy) is 1. The second kappa shape index (κ2) is 10.2. The molecule has 0 saturated carbocycles. The number of nitrogens with zero attached hydrogens (tertiary/aromatic N) is 4. The van der Waals surface area contributed by atoms with Crippen molar-refractivity contribution in [2.45, 2.75) is 19.3 Å². The predicted molar refractivity (Wildman–Crippen MR) is 136 cm³/mol. The number of nitrogens with two attached hydrogens (primary N) is 1. The Morgan fingerprint density at radius 1 is 1.15 bits per heavy atom. The van der Waals surface area contributed by atoms with Crippen molar-refractivity contribution in [2.75, 3.05) is 32.8 Å². The number of carbonyl (C=O) groups excluding carboxylic acids is 1. The number of halogens is 1. The Labute approximate surface area is 207 Å². The number of amides is 1. The van der Waals surface area contributed by atoms with Gasteiger partial charge in [0, 0.05) is 23.7 Å². The Kier molecular flexibility index (Phi) is 6.92. The van der Waals surface area contributed by atoms with Gasteiger partial charge in [-0.05, 0) is 55.6 Å². The standard InChI is InChI=1S/C25H26ClN5O2S/c26-19-6-3-5-18(15-19)22-23(24(27)32)34-25(29-22)31-16-28-20-8-7-17(14-21(20)31)4-1-2-9-30-10-12-33-13-11-30/h3,5-8,14-16H,1-2,4,9-13H2,(H2,27,32). The van der Waals surface area contributed by atoms with E-state index in [1.54, 1.807) is 18.5 Å². The topological polar surface area (TPSA) is 86.3 Å². The molecule has 2 aromatic carbocycles. The summed E-state index contributed by atoms with van der Waals surface area (Å²) in [5.41, 5.74) is 10.1. The van der Waals surface area contributed by atoms with Crippen LogP contribution in [-0.2, 0) is 11.2 Å². The third-order valence-electron chi connectivity index (χ3n) is 6.05. The third kappa shape index (κ3) is 5.00. The average Bonchev–Trinajstić information content (AvgIpc) is 3.47. The predicted octanol–water partition coefficient (Wildman–Crippen LogP) is 4.56. The molecule has 0 unspecified atom stereocenters. The number of aromatic nitrogens is 3. The van der Waals surface area contributed by atoms with Crippen molar-refractivity contribution in [3.8, 4) is 16.4 Å². The molecule has 2 N–H and O–H groups in total. The van der Waals surface area contributed by atoms with E-state index < -0.39 is 5.91 Å². The maximum atomic E-state index is 12.2. The van der Waals surface area contributed by atoms with Crippen molar-refractivity contribution in [3.05, 3.63) is 64.3 Å². The van der Waals surface area contributed by atoms with Gasteiger partial charge < -0.3 is 10.5 Å². The van der Waals surface area contributed by atoms with Crippen LogP contribution in [0.5, 0.6) is 0 Å². The van der Waals surface area contributed by atoms with Crippen molar-refractivity contribution >= 4 is 39.9 Å². The normalized spacial score (nSPS) is 14.6. The van der Waals surface area contributed by atoms with Gasteiger partial charge in [-0.3, -0.25) is 14.3 Å². The molecule has 0 aliphatic carbocycles. The molecular weight excluding hydrogens is 470 g/mol. The number of rotatable bonds is 8. The fourth-order valence-electron chi connectivity index (χ4n) is 4.26. The molecule has 1 amide bonds. The highest BCUT2D eigenvalue weighted by Crippen LogP contribution is 2.32. The van der Waals surface area contributed by atoms with Gasteiger partial charge in [-0.25, -0.2) is 9.97 Å². The van der Waals surface area contributed by atoms with Crippen molar-refractivity contribution in [3.63, 3.8) is 0 Å². The number of carbonyl (C=O) groups is 1. The number of thiazole rings is 1. The quantitative estimate of drug-likeness (QED) is 0.362. The summed E-state index contributed by atoms with van der Waals surface area (Å²) >= 11 is 7.42. The molecule has 0 spiro atoms. The van der Waals surface area contributed by atoms with Crippen LogP contribution in [0.4, 0.5) is 0 Å². The van der Waals surface area contributed by atoms with Gasteiger partial charge in [0.05, 0.1) is 29.9 Å². The fraction of sp³-hybridized carbons (Fsp3) is 0.320. The molecule has 1 aliphatic rings. The van der Waals surface area contributed by atoms with Crippen molar-refractivity contribution < 1.29 is 9.53 Å². The summed E-state index contributed by atoms with van der Waals surface area (Å²) in [6, 6.07) is 13.6. The largest absolute Gasteiger partial charge is 0.379 e. The van der Waals surface area contributed by atoms with E-state index >= 15 is 0 Å². The van der Waals surface area contributed by atoms with Gasteiger partial charge in [0.2, 0.25) is 0 Å². The van der Waals surface area contributed by atoms with Crippen LogP contribution in [0.25, 0.3) is 27.4 Å². The lowest BCUT2D eigenvalue weighted by Crippen LogP contribution is -2.36. The smallest absolute Gasteiger partial charge is 0.261 e. The first kappa shape index (κ1) is 23.0. The van der Waals surface area contributed by atoms with Crippen LogP contribution in [-0.4, -0.2) is 58.2 Å². The molecule has 7 nitrogen and oxygen atoms in total. The Bertz CT molecular complexity index is 1310. The number of fused-ring (bicyclic) bond motifs is 1. The highest BCUT2D eigenvalue weighted by Gasteiger charge is 2.20. The van der Waals surface area contributed by atoms with Crippen LogP contribution in [0, 0.1) is 0 Å². The first-order valence-corrected chi connectivity index (χ1v) is 12.6. The summed E-state index contributed by atoms with van der Waals surface area (Å²) in [5, 5.41) is 1.23. The van der Waals surface area contributed by atoms with Gasteiger partial charge in [-0.2, -0.15) is 0 Å². The summed E-state index contributed by atoms with van der Waals surface area (Å²) in [6.07, 6.45) is 5.04. The minimum Gasteiger partial charge on any atom is -0.379 e. The highest BCUT2D eigenvalue weighted by molar-refractivity contribution is 7.16. The van der Waals surface area contributed by atoms with E-state index in [0.29, 0.717) is 20.7 Å². The monoisotopic (exact) mass is 495 g/mol. The van der Waals surface area contributed by atoms with Crippen LogP contribution in [0.1, 0.15) is 28.1 Å². The maximum absolute atomic E-state index is 12.2. The molecule has 1 saturated heterocycles. The van der Waals surface area contributed by atoms with Gasteiger partial charge in [0.1, 0.15) is 11.2 Å². The molecule has 1 aliphatic heterocycles. The van der Waals surface area contributed by atoms with E-state index in [2.05, 4.69) is 22.0 Å². The molecule has 4 aromatic rings. The number of primary amides is 1. The Balaban J connectivity index is 1.37. The number of imidazole rings is 1. The zero-order valence-electron chi connectivity index (χ0n) is 18.7. The van der Waals surface area contributed by atoms with Crippen LogP contribution >= 0.6 is 22.9 Å². The van der Waals surface area contributed by atoms with Gasteiger partial charge in [0.25, 0.3) is 5.91 Å². The van der Waals surface area contributed by atoms with E-state index in [-0.39, 0.29) is 0 Å². The highest BCUT2D eigenvalue weighted by atomic mass is 35.5. The first-order chi connectivity index (χ1) is 16.6. The number of hydrogen-bond acceptors (Lipinski definition) is 6. The zero-order valence-corrected chi connectivity index (χ0v) is 20.3. The molecule has 176 valence electrons. The number of unbranched alkanes of at least 4 members (excludes halogenated alkanes) is 1. The summed E-state index contributed by atoms with van der Waals surface area (Å²) in [6.45, 7) is 4.86. The van der Waals surface area contributed by atoms with Gasteiger partial charge in [-0.1, -0.05) is 41.1 Å². The number of morpholine rings is 1. The molecule has 0 bridgehead atoms. The second-order valence-electron chi connectivity index (χ2n) is 8.40. The van der Waals surface area contributed by atoms with Crippen LogP contribution in [0.3, 0.4) is 0 Å². The fourth-order valence-corrected chi connectivity index (χ4v) is 5.38. The van der Waals surface area contributed by atoms with Crippen LogP contribution in [0.15, 0.2) is 48.8 Å². The molecule has 0 atom stereocenters. The van der Waals surface area contributed by atoms with E-state index in [0.717, 1.165) is 68.7 Å². The minimum atomic E-state index is -0.510. The van der Waals surface area contributed by atoms with Gasteiger partial charge in [-0.15, -0.1) is 0 Å². The summed E-state index contributed by atoms with van der Waals surface area (Å²) in [4.78, 5) is 24.3. The van der Waals surface area contributed by atoms with Gasteiger partial charge in [0.15, 0.2) is 5.13 Å². The number of hydrogen-bond donors (Lipinski definition) is 1. The minimum absolute atomic E-state index is 0.401. The van der Waals surface area contributed by atoms with Crippen molar-refractivity contribution in [2.24, 2.45) is 5.73 Å². The third-order valence-corrected chi connectivity index (χ3v) is 7.35. The molecule has 2 aromatic heterocycles. The maximum Gasteiger partial charge on any atom is 0.261 e. The Morgan fingerprint density at radius 2 is 2.00 bits per heavy atom. The van der Waals surface area contributed by atoms with E-state index in [1.165, 1.54) is 16.9 Å². The zero-order chi connectivity index (χ0) is 23.5. The van der Waals surface area contributed by atoms with Crippen molar-refractivity contribution in [1.82, 2.24) is 19.4 Å². The molecule has 0 radical (unpaired) electrons. The van der Waals surface area contributed by atoms with Crippen LogP contribution < -0.4 is 5.73 Å². The van der Waals surface area contributed by atoms with Crippen LogP contribution in [0.2, 0.25) is 5.02 Å². The summed E-state index contributed by atoms with van der Waals surface area (Å²) in [5.74, 6) is -0.510. The Hall–Kier alpha value is -2.78. The first-order valence-electron chi connectivity index (χ1n) is 11.4. The molecule has 1 fully saturated rings. The Morgan fingerprint density at radius 3 is 2.79 bits per heavy atom. The molecule has 3 heterocycles. The number of benzene rings is 2. The number of aryl methyl sites for hydroxylation is 1. The average molecular weight is 496 g/mol. The van der Waals surface area contributed by atoms with Crippen molar-refractivity contribution in [1.29, 1.82) is 0 Å². The molecule has 5 rings (SSSR count). The van der Waals surface area contributed by atoms with E-state index in [1.807, 2.05) is 22.8 Å². The second-order valence-corrected chi connectivity index (χ2v) is 9.81. The SMILES string of the molecule is NC(=O)c1sc(-n2cnc3ccc(CCCCN4CCOCC4)cc32)nc1-c1cccc(Cl)c1. The summed E-state index contributed by atoms with van der Waals surface area (Å²) < 4.78 is 7.35.